The summed E-state index contributed by atoms with van der Waals surface area (Å²) in [5.41, 5.74) is 7.52. The van der Waals surface area contributed by atoms with E-state index in [1.807, 2.05) is 14.0 Å². The van der Waals surface area contributed by atoms with Crippen LogP contribution in [0.1, 0.15) is 11.3 Å². The first-order chi connectivity index (χ1) is 9.70. The highest BCUT2D eigenvalue weighted by Crippen LogP contribution is 2.20. The van der Waals surface area contributed by atoms with Crippen molar-refractivity contribution in [3.8, 4) is 5.88 Å². The molecule has 1 rings (SSSR count). The molecule has 1 aromatic heterocycles. The van der Waals surface area contributed by atoms with Gasteiger partial charge in [-0.05, 0) is 6.92 Å². The Balaban J connectivity index is 2.12. The van der Waals surface area contributed by atoms with Crippen molar-refractivity contribution in [2.45, 2.75) is 13.5 Å². The number of rotatable bonds is 11. The Morgan fingerprint density at radius 3 is 2.25 bits per heavy atom. The second-order valence-corrected chi connectivity index (χ2v) is 4.26. The van der Waals surface area contributed by atoms with Gasteiger partial charge < -0.3 is 24.7 Å². The third kappa shape index (κ3) is 5.46. The number of aromatic nitrogens is 2. The summed E-state index contributed by atoms with van der Waals surface area (Å²) in [5.74, 6) is 0.713. The number of methoxy groups -OCH3 is 1. The summed E-state index contributed by atoms with van der Waals surface area (Å²) in [6.45, 7) is 5.59. The van der Waals surface area contributed by atoms with E-state index < -0.39 is 0 Å². The molecule has 0 saturated heterocycles. The van der Waals surface area contributed by atoms with Crippen molar-refractivity contribution in [1.29, 1.82) is 0 Å². The van der Waals surface area contributed by atoms with E-state index >= 15 is 0 Å². The van der Waals surface area contributed by atoms with E-state index in [4.69, 9.17) is 24.7 Å². The highest BCUT2D eigenvalue weighted by Gasteiger charge is 2.12. The molecule has 0 amide bonds. The van der Waals surface area contributed by atoms with Crippen molar-refractivity contribution in [2.24, 2.45) is 12.8 Å². The Labute approximate surface area is 119 Å². The Kier molecular flexibility index (Phi) is 8.20. The molecule has 0 radical (unpaired) electrons. The largest absolute Gasteiger partial charge is 0.475 e. The molecule has 7 heteroatoms. The number of hydrogen-bond acceptors (Lipinski definition) is 6. The van der Waals surface area contributed by atoms with Crippen molar-refractivity contribution < 1.29 is 18.9 Å². The fourth-order valence-electron chi connectivity index (χ4n) is 1.76. The highest BCUT2D eigenvalue weighted by atomic mass is 16.6. The van der Waals surface area contributed by atoms with Crippen molar-refractivity contribution in [3.05, 3.63) is 11.3 Å². The fourth-order valence-corrected chi connectivity index (χ4v) is 1.76. The minimum absolute atomic E-state index is 0.420. The number of hydrogen-bond donors (Lipinski definition) is 1. The normalized spacial score (nSPS) is 11.0. The Bertz CT molecular complexity index is 382. The summed E-state index contributed by atoms with van der Waals surface area (Å²) >= 11 is 0. The molecule has 0 fully saturated rings. The third-order valence-corrected chi connectivity index (χ3v) is 2.76. The van der Waals surface area contributed by atoms with Crippen LogP contribution in [0.25, 0.3) is 0 Å². The highest BCUT2D eigenvalue weighted by molar-refractivity contribution is 5.30. The van der Waals surface area contributed by atoms with Crippen LogP contribution in [0.5, 0.6) is 5.88 Å². The van der Waals surface area contributed by atoms with Crippen LogP contribution in [0.3, 0.4) is 0 Å². The summed E-state index contributed by atoms with van der Waals surface area (Å²) in [6, 6.07) is 0. The predicted octanol–water partition coefficient (Wildman–Crippen LogP) is 0.246. The lowest BCUT2D eigenvalue weighted by Gasteiger charge is -2.09. The molecule has 7 nitrogen and oxygen atoms in total. The molecule has 2 N–H and O–H groups in total. The molecule has 116 valence electrons. The Morgan fingerprint density at radius 2 is 1.65 bits per heavy atom. The third-order valence-electron chi connectivity index (χ3n) is 2.76. The van der Waals surface area contributed by atoms with Gasteiger partial charge in [-0.15, -0.1) is 0 Å². The molecule has 1 heterocycles. The van der Waals surface area contributed by atoms with Crippen LogP contribution in [0, 0.1) is 6.92 Å². The summed E-state index contributed by atoms with van der Waals surface area (Å²) in [6.07, 6.45) is 0. The van der Waals surface area contributed by atoms with Gasteiger partial charge in [0.25, 0.3) is 0 Å². The van der Waals surface area contributed by atoms with Crippen LogP contribution in [0.2, 0.25) is 0 Å². The molecule has 0 atom stereocenters. The summed E-state index contributed by atoms with van der Waals surface area (Å²) < 4.78 is 22.9. The quantitative estimate of drug-likeness (QED) is 0.587. The molecular formula is C13H25N3O4. The SMILES string of the molecule is COCCOCCOCCOc1c(CN)c(C)nn1C. The van der Waals surface area contributed by atoms with Gasteiger partial charge in [0, 0.05) is 20.7 Å². The molecule has 1 aromatic rings. The molecule has 20 heavy (non-hydrogen) atoms. The van der Waals surface area contributed by atoms with E-state index in [0.29, 0.717) is 52.1 Å². The fraction of sp³-hybridized carbons (Fsp3) is 0.769. The van der Waals surface area contributed by atoms with E-state index in [1.165, 1.54) is 0 Å². The molecule has 0 aromatic carbocycles. The lowest BCUT2D eigenvalue weighted by molar-refractivity contribution is 0.0173. The lowest BCUT2D eigenvalue weighted by Crippen LogP contribution is -2.14. The topological polar surface area (TPSA) is 80.8 Å². The van der Waals surface area contributed by atoms with E-state index in [1.54, 1.807) is 11.8 Å². The van der Waals surface area contributed by atoms with Crippen LogP contribution in [0.15, 0.2) is 0 Å². The van der Waals surface area contributed by atoms with Gasteiger partial charge in [-0.2, -0.15) is 5.10 Å². The molecule has 0 aliphatic carbocycles. The van der Waals surface area contributed by atoms with Crippen LogP contribution in [-0.2, 0) is 27.8 Å². The van der Waals surface area contributed by atoms with E-state index in [9.17, 15) is 0 Å². The maximum absolute atomic E-state index is 5.68. The summed E-state index contributed by atoms with van der Waals surface area (Å²) in [5, 5.41) is 4.28. The summed E-state index contributed by atoms with van der Waals surface area (Å²) in [7, 11) is 3.49. The zero-order valence-corrected chi connectivity index (χ0v) is 12.6. The first-order valence-electron chi connectivity index (χ1n) is 6.70. The van der Waals surface area contributed by atoms with Gasteiger partial charge >= 0.3 is 0 Å². The molecule has 0 unspecified atom stereocenters. The standard InChI is InChI=1S/C13H25N3O4/c1-11-12(10-14)13(16(2)15-11)20-9-8-19-7-6-18-5-4-17-3/h4-10,14H2,1-3H3. The first kappa shape index (κ1) is 16.9. The molecule has 0 aliphatic heterocycles. The number of nitrogens with zero attached hydrogens (tertiary/aromatic N) is 2. The van der Waals surface area contributed by atoms with E-state index in [-0.39, 0.29) is 0 Å². The predicted molar refractivity (Wildman–Crippen MR) is 74.8 cm³/mol. The minimum atomic E-state index is 0.420. The average Bonchev–Trinajstić information content (AvgIpc) is 2.70. The maximum atomic E-state index is 5.68. The van der Waals surface area contributed by atoms with Crippen molar-refractivity contribution >= 4 is 0 Å². The maximum Gasteiger partial charge on any atom is 0.216 e. The Morgan fingerprint density at radius 1 is 1.05 bits per heavy atom. The number of nitrogens with two attached hydrogens (primary N) is 1. The van der Waals surface area contributed by atoms with Gasteiger partial charge in [0.2, 0.25) is 5.88 Å². The van der Waals surface area contributed by atoms with Crippen LogP contribution < -0.4 is 10.5 Å². The van der Waals surface area contributed by atoms with Crippen LogP contribution in [-0.4, -0.2) is 56.5 Å². The molecule has 0 spiro atoms. The van der Waals surface area contributed by atoms with Crippen molar-refractivity contribution in [1.82, 2.24) is 9.78 Å². The second-order valence-electron chi connectivity index (χ2n) is 4.26. The number of aryl methyl sites for hydroxylation is 2. The lowest BCUT2D eigenvalue weighted by atomic mass is 10.2. The molecule has 0 saturated carbocycles. The first-order valence-corrected chi connectivity index (χ1v) is 6.70. The van der Waals surface area contributed by atoms with Gasteiger partial charge in [0.15, 0.2) is 0 Å². The zero-order valence-electron chi connectivity index (χ0n) is 12.6. The molecule has 0 bridgehead atoms. The van der Waals surface area contributed by atoms with E-state index in [0.717, 1.165) is 11.3 Å². The zero-order chi connectivity index (χ0) is 14.8. The van der Waals surface area contributed by atoms with Crippen molar-refractivity contribution in [2.75, 3.05) is 46.8 Å². The van der Waals surface area contributed by atoms with Gasteiger partial charge in [-0.1, -0.05) is 0 Å². The van der Waals surface area contributed by atoms with E-state index in [2.05, 4.69) is 5.10 Å². The van der Waals surface area contributed by atoms with Crippen LogP contribution in [0.4, 0.5) is 0 Å². The Hall–Kier alpha value is -1.15. The minimum Gasteiger partial charge on any atom is -0.475 e. The van der Waals surface area contributed by atoms with Crippen LogP contribution >= 0.6 is 0 Å². The monoisotopic (exact) mass is 287 g/mol. The van der Waals surface area contributed by atoms with Gasteiger partial charge in [0.05, 0.1) is 44.3 Å². The average molecular weight is 287 g/mol. The van der Waals surface area contributed by atoms with Gasteiger partial charge in [-0.3, -0.25) is 0 Å². The van der Waals surface area contributed by atoms with Crippen molar-refractivity contribution in [3.63, 3.8) is 0 Å². The summed E-state index contributed by atoms with van der Waals surface area (Å²) in [4.78, 5) is 0. The van der Waals surface area contributed by atoms with Gasteiger partial charge in [-0.25, -0.2) is 4.68 Å². The number of ether oxygens (including phenoxy) is 4. The smallest absolute Gasteiger partial charge is 0.216 e. The molecular weight excluding hydrogens is 262 g/mol. The van der Waals surface area contributed by atoms with Gasteiger partial charge in [0.1, 0.15) is 6.61 Å². The second kappa shape index (κ2) is 9.71. The molecule has 0 aliphatic rings.